The Balaban J connectivity index is 1.75. The number of rotatable bonds is 3. The quantitative estimate of drug-likeness (QED) is 0.664. The number of hydrogen-bond donors (Lipinski definition) is 0. The van der Waals surface area contributed by atoms with Gasteiger partial charge in [0.25, 0.3) is 0 Å². The minimum Gasteiger partial charge on any atom is -0.463 e. The van der Waals surface area contributed by atoms with Crippen LogP contribution in [0, 0.1) is 6.92 Å². The Hall–Kier alpha value is -2.46. The summed E-state index contributed by atoms with van der Waals surface area (Å²) in [4.78, 5) is 0. The van der Waals surface area contributed by atoms with Crippen LogP contribution in [0.5, 0.6) is 0 Å². The summed E-state index contributed by atoms with van der Waals surface area (Å²) in [5.74, 6) is 1.84. The summed E-state index contributed by atoms with van der Waals surface area (Å²) in [6.45, 7) is 1.97. The fourth-order valence-electron chi connectivity index (χ4n) is 2.57. The summed E-state index contributed by atoms with van der Waals surface area (Å²) in [5.41, 5.74) is 2.19. The lowest BCUT2D eigenvalue weighted by molar-refractivity contribution is 0.477. The van der Waals surface area contributed by atoms with Crippen LogP contribution in [0.15, 0.2) is 82.3 Å². The molecular weight excluding hydrogens is 304 g/mol. The van der Waals surface area contributed by atoms with Crippen molar-refractivity contribution >= 4 is 22.5 Å². The van der Waals surface area contributed by atoms with Crippen LogP contribution in [-0.4, -0.2) is 5.04 Å². The van der Waals surface area contributed by atoms with E-state index in [4.69, 9.17) is 9.52 Å². The number of nitrogens with zero attached hydrogens (tertiary/aromatic N) is 2. The summed E-state index contributed by atoms with van der Waals surface area (Å²) in [6, 6.07) is 24.5. The fourth-order valence-corrected chi connectivity index (χ4v) is 3.70. The molecule has 23 heavy (non-hydrogen) atoms. The molecule has 1 unspecified atom stereocenters. The van der Waals surface area contributed by atoms with Crippen molar-refractivity contribution in [2.75, 3.05) is 5.01 Å². The number of anilines is 1. The molecule has 0 bridgehead atoms. The monoisotopic (exact) mass is 320 g/mol. The number of thioether (sulfide) groups is 1. The number of benzene rings is 2. The van der Waals surface area contributed by atoms with Crippen LogP contribution in [0.25, 0.3) is 0 Å². The first kappa shape index (κ1) is 14.2. The molecule has 0 amide bonds. The number of hydrazone groups is 1. The third-order valence-corrected chi connectivity index (χ3v) is 4.89. The lowest BCUT2D eigenvalue weighted by atomic mass is 10.2. The standard InChI is InChI=1S/C19H16N2OS/c1-14-12-13-17(22-14)19-21(16-10-6-3-7-11-16)20-18(23-19)15-8-4-2-5-9-15/h2-13,19H,1H3. The minimum atomic E-state index is 0.0151. The van der Waals surface area contributed by atoms with Crippen LogP contribution >= 0.6 is 11.8 Å². The Morgan fingerprint density at radius 2 is 1.61 bits per heavy atom. The third-order valence-electron chi connectivity index (χ3n) is 3.69. The van der Waals surface area contributed by atoms with Gasteiger partial charge in [0.1, 0.15) is 16.6 Å². The molecule has 3 aromatic rings. The molecule has 1 aliphatic rings. The second kappa shape index (κ2) is 5.97. The van der Waals surface area contributed by atoms with E-state index in [0.717, 1.165) is 27.8 Å². The van der Waals surface area contributed by atoms with E-state index in [1.165, 1.54) is 0 Å². The smallest absolute Gasteiger partial charge is 0.161 e. The maximum absolute atomic E-state index is 5.87. The third kappa shape index (κ3) is 2.78. The zero-order valence-electron chi connectivity index (χ0n) is 12.7. The summed E-state index contributed by atoms with van der Waals surface area (Å²) >= 11 is 1.72. The average Bonchev–Trinajstić information content (AvgIpc) is 3.23. The minimum absolute atomic E-state index is 0.0151. The normalized spacial score (nSPS) is 17.3. The highest BCUT2D eigenvalue weighted by molar-refractivity contribution is 8.15. The highest BCUT2D eigenvalue weighted by Gasteiger charge is 2.32. The zero-order valence-corrected chi connectivity index (χ0v) is 13.5. The van der Waals surface area contributed by atoms with Gasteiger partial charge in [-0.3, -0.25) is 0 Å². The summed E-state index contributed by atoms with van der Waals surface area (Å²) in [7, 11) is 0. The van der Waals surface area contributed by atoms with Gasteiger partial charge in [0.15, 0.2) is 5.37 Å². The average molecular weight is 320 g/mol. The Morgan fingerprint density at radius 3 is 2.26 bits per heavy atom. The van der Waals surface area contributed by atoms with E-state index in [1.54, 1.807) is 11.8 Å². The molecule has 0 N–H and O–H groups in total. The van der Waals surface area contributed by atoms with Crippen molar-refractivity contribution in [1.82, 2.24) is 0 Å². The van der Waals surface area contributed by atoms with Gasteiger partial charge in [-0.15, -0.1) is 0 Å². The van der Waals surface area contributed by atoms with Crippen molar-refractivity contribution in [3.63, 3.8) is 0 Å². The van der Waals surface area contributed by atoms with Crippen LogP contribution in [0.3, 0.4) is 0 Å². The lowest BCUT2D eigenvalue weighted by Gasteiger charge is -2.20. The molecule has 0 aliphatic carbocycles. The number of furan rings is 1. The van der Waals surface area contributed by atoms with E-state index in [-0.39, 0.29) is 5.37 Å². The molecule has 2 aromatic carbocycles. The van der Waals surface area contributed by atoms with Gasteiger partial charge in [-0.25, -0.2) is 5.01 Å². The van der Waals surface area contributed by atoms with Crippen LogP contribution in [-0.2, 0) is 0 Å². The van der Waals surface area contributed by atoms with Gasteiger partial charge in [-0.2, -0.15) is 5.10 Å². The molecule has 0 fully saturated rings. The Kier molecular flexibility index (Phi) is 3.67. The first-order valence-corrected chi connectivity index (χ1v) is 8.40. The molecule has 3 nitrogen and oxygen atoms in total. The fraction of sp³-hybridized carbons (Fsp3) is 0.105. The maximum Gasteiger partial charge on any atom is 0.161 e. The summed E-state index contributed by atoms with van der Waals surface area (Å²) < 4.78 is 5.87. The van der Waals surface area contributed by atoms with Crippen LogP contribution in [0.1, 0.15) is 22.5 Å². The van der Waals surface area contributed by atoms with E-state index < -0.39 is 0 Å². The van der Waals surface area contributed by atoms with E-state index in [9.17, 15) is 0 Å². The predicted octanol–water partition coefficient (Wildman–Crippen LogP) is 5.20. The molecule has 1 aromatic heterocycles. The van der Waals surface area contributed by atoms with Crippen molar-refractivity contribution in [3.05, 3.63) is 89.9 Å². The molecule has 0 saturated carbocycles. The SMILES string of the molecule is Cc1ccc(C2SC(c3ccccc3)=NN2c2ccccc2)o1. The van der Waals surface area contributed by atoms with Crippen molar-refractivity contribution in [2.45, 2.75) is 12.3 Å². The van der Waals surface area contributed by atoms with Crippen molar-refractivity contribution in [3.8, 4) is 0 Å². The highest BCUT2D eigenvalue weighted by Crippen LogP contribution is 2.44. The number of para-hydroxylation sites is 1. The Bertz CT molecular complexity index is 827. The second-order valence-electron chi connectivity index (χ2n) is 5.37. The highest BCUT2D eigenvalue weighted by atomic mass is 32.2. The molecule has 2 heterocycles. The van der Waals surface area contributed by atoms with Gasteiger partial charge in [0, 0.05) is 5.56 Å². The van der Waals surface area contributed by atoms with E-state index in [0.29, 0.717) is 0 Å². The zero-order chi connectivity index (χ0) is 15.6. The second-order valence-corrected chi connectivity index (χ2v) is 6.44. The number of aryl methyl sites for hydroxylation is 1. The Labute approximate surface area is 139 Å². The van der Waals surface area contributed by atoms with Crippen molar-refractivity contribution in [2.24, 2.45) is 5.10 Å². The molecule has 114 valence electrons. The first-order valence-electron chi connectivity index (χ1n) is 7.52. The largest absolute Gasteiger partial charge is 0.463 e. The van der Waals surface area contributed by atoms with Crippen LogP contribution in [0.2, 0.25) is 0 Å². The van der Waals surface area contributed by atoms with E-state index in [1.807, 2.05) is 60.5 Å². The molecule has 0 radical (unpaired) electrons. The molecular formula is C19H16N2OS. The summed E-state index contributed by atoms with van der Waals surface area (Å²) in [5, 5.41) is 7.90. The van der Waals surface area contributed by atoms with Gasteiger partial charge in [0.05, 0.1) is 5.69 Å². The van der Waals surface area contributed by atoms with Gasteiger partial charge in [0.2, 0.25) is 0 Å². The Morgan fingerprint density at radius 1 is 0.913 bits per heavy atom. The van der Waals surface area contributed by atoms with E-state index >= 15 is 0 Å². The number of hydrogen-bond acceptors (Lipinski definition) is 4. The first-order chi connectivity index (χ1) is 11.3. The topological polar surface area (TPSA) is 28.7 Å². The van der Waals surface area contributed by atoms with Crippen molar-refractivity contribution in [1.29, 1.82) is 0 Å². The molecule has 1 atom stereocenters. The predicted molar refractivity (Wildman–Crippen MR) is 95.7 cm³/mol. The molecule has 4 rings (SSSR count). The van der Waals surface area contributed by atoms with Crippen molar-refractivity contribution < 1.29 is 4.42 Å². The molecule has 4 heteroatoms. The molecule has 1 aliphatic heterocycles. The lowest BCUT2D eigenvalue weighted by Crippen LogP contribution is -2.15. The maximum atomic E-state index is 5.87. The van der Waals surface area contributed by atoms with Gasteiger partial charge in [-0.05, 0) is 31.2 Å². The summed E-state index contributed by atoms with van der Waals surface area (Å²) in [6.07, 6.45) is 0. The molecule has 0 saturated heterocycles. The van der Waals surface area contributed by atoms with Gasteiger partial charge in [-0.1, -0.05) is 60.3 Å². The molecule has 0 spiro atoms. The van der Waals surface area contributed by atoms with E-state index in [2.05, 4.69) is 24.3 Å². The van der Waals surface area contributed by atoms with Crippen LogP contribution in [0.4, 0.5) is 5.69 Å². The van der Waals surface area contributed by atoms with Crippen LogP contribution < -0.4 is 5.01 Å². The van der Waals surface area contributed by atoms with Gasteiger partial charge < -0.3 is 4.42 Å². The van der Waals surface area contributed by atoms with Gasteiger partial charge >= 0.3 is 0 Å².